The molecule has 1 aliphatic rings. The molecule has 8 heteroatoms. The van der Waals surface area contributed by atoms with Crippen LogP contribution in [0.2, 0.25) is 0 Å². The average molecular weight is 293 g/mol. The molecule has 0 aromatic carbocycles. The Morgan fingerprint density at radius 2 is 2.15 bits per heavy atom. The minimum absolute atomic E-state index is 0.246. The van der Waals surface area contributed by atoms with Crippen LogP contribution in [0.1, 0.15) is 23.2 Å². The molecule has 1 saturated heterocycles. The molecule has 1 amide bonds. The molecule has 1 atom stereocenters. The summed E-state index contributed by atoms with van der Waals surface area (Å²) in [6.45, 7) is 1.99. The van der Waals surface area contributed by atoms with Crippen molar-refractivity contribution in [1.82, 2.24) is 14.3 Å². The van der Waals surface area contributed by atoms with Gasteiger partial charge in [-0.25, -0.2) is 4.52 Å². The zero-order chi connectivity index (χ0) is 14.1. The zero-order valence-electron chi connectivity index (χ0n) is 10.6. The lowest BCUT2D eigenvalue weighted by Gasteiger charge is -2.17. The lowest BCUT2D eigenvalue weighted by Crippen LogP contribution is -2.25. The first-order chi connectivity index (χ1) is 9.65. The Morgan fingerprint density at radius 1 is 1.40 bits per heavy atom. The van der Waals surface area contributed by atoms with Crippen LogP contribution < -0.4 is 9.62 Å². The predicted molar refractivity (Wildman–Crippen MR) is 73.0 cm³/mol. The molecule has 7 nitrogen and oxygen atoms in total. The van der Waals surface area contributed by atoms with Crippen LogP contribution in [0, 0.1) is 0 Å². The van der Waals surface area contributed by atoms with Crippen LogP contribution in [-0.2, 0) is 11.3 Å². The van der Waals surface area contributed by atoms with Crippen molar-refractivity contribution in [2.75, 3.05) is 18.0 Å². The van der Waals surface area contributed by atoms with Gasteiger partial charge in [-0.05, 0) is 25.0 Å². The number of rotatable bonds is 3. The lowest BCUT2D eigenvalue weighted by molar-refractivity contribution is 0.0982. The van der Waals surface area contributed by atoms with Crippen molar-refractivity contribution in [3.05, 3.63) is 30.1 Å². The third kappa shape index (κ3) is 2.39. The summed E-state index contributed by atoms with van der Waals surface area (Å²) in [6, 6.07) is 3.81. The Kier molecular flexibility index (Phi) is 3.41. The third-order valence-electron chi connectivity index (χ3n) is 3.40. The quantitative estimate of drug-likeness (QED) is 0.830. The molecule has 0 radical (unpaired) electrons. The number of aromatic nitrogens is 2. The number of nitrogens with zero attached hydrogens (tertiary/aromatic N) is 3. The summed E-state index contributed by atoms with van der Waals surface area (Å²) in [6.07, 6.45) is 5.46. The predicted octanol–water partition coefficient (Wildman–Crippen LogP) is 0.458. The number of carbonyl (C=O) groups excluding carboxylic acids is 1. The van der Waals surface area contributed by atoms with Crippen LogP contribution in [0.4, 0.5) is 5.69 Å². The van der Waals surface area contributed by atoms with Crippen molar-refractivity contribution >= 4 is 28.4 Å². The van der Waals surface area contributed by atoms with Gasteiger partial charge in [-0.2, -0.15) is 5.10 Å². The second-order valence-corrected chi connectivity index (χ2v) is 5.31. The Labute approximate surface area is 118 Å². The fourth-order valence-corrected chi connectivity index (χ4v) is 2.71. The summed E-state index contributed by atoms with van der Waals surface area (Å²) < 4.78 is 24.5. The minimum atomic E-state index is -2.63. The van der Waals surface area contributed by atoms with E-state index in [0.29, 0.717) is 5.52 Å². The van der Waals surface area contributed by atoms with E-state index in [-0.39, 0.29) is 5.56 Å². The van der Waals surface area contributed by atoms with E-state index in [1.54, 1.807) is 10.7 Å². The van der Waals surface area contributed by atoms with Gasteiger partial charge in [0, 0.05) is 36.2 Å². The van der Waals surface area contributed by atoms with Crippen molar-refractivity contribution in [1.29, 1.82) is 0 Å². The van der Waals surface area contributed by atoms with Crippen molar-refractivity contribution in [2.24, 2.45) is 0 Å². The van der Waals surface area contributed by atoms with E-state index in [1.807, 2.05) is 16.9 Å². The lowest BCUT2D eigenvalue weighted by atomic mass is 10.2. The van der Waals surface area contributed by atoms with Gasteiger partial charge in [0.15, 0.2) is 0 Å². The maximum absolute atomic E-state index is 11.8. The van der Waals surface area contributed by atoms with Crippen LogP contribution in [0.15, 0.2) is 24.5 Å². The molecule has 20 heavy (non-hydrogen) atoms. The fourth-order valence-electron chi connectivity index (χ4n) is 2.45. The van der Waals surface area contributed by atoms with Crippen molar-refractivity contribution in [3.63, 3.8) is 0 Å². The molecular weight excluding hydrogens is 280 g/mol. The first-order valence-electron chi connectivity index (χ1n) is 6.28. The van der Waals surface area contributed by atoms with Gasteiger partial charge in [0.1, 0.15) is 0 Å². The van der Waals surface area contributed by atoms with Crippen LogP contribution in [0.5, 0.6) is 0 Å². The highest BCUT2D eigenvalue weighted by Gasteiger charge is 2.16. The largest absolute Gasteiger partial charge is 0.755 e. The molecule has 3 heterocycles. The van der Waals surface area contributed by atoms with Gasteiger partial charge in [0.25, 0.3) is 5.91 Å². The molecule has 2 aromatic rings. The zero-order valence-corrected chi connectivity index (χ0v) is 11.4. The normalized spacial score (nSPS) is 16.6. The van der Waals surface area contributed by atoms with Gasteiger partial charge >= 0.3 is 0 Å². The maximum atomic E-state index is 11.8. The molecule has 2 aromatic heterocycles. The van der Waals surface area contributed by atoms with Crippen LogP contribution >= 0.6 is 0 Å². The number of fused-ring (bicyclic) bond motifs is 1. The summed E-state index contributed by atoms with van der Waals surface area (Å²) in [5.41, 5.74) is 1.86. The van der Waals surface area contributed by atoms with Gasteiger partial charge in [-0.15, -0.1) is 0 Å². The fraction of sp³-hybridized carbons (Fsp3) is 0.333. The van der Waals surface area contributed by atoms with Gasteiger partial charge < -0.3 is 9.45 Å². The molecule has 3 rings (SSSR count). The number of pyridine rings is 1. The standard InChI is InChI=1S/C12H14N4O3S/c17-12(14-20(18)19)10-8-13-16-6-3-9(7-11(10)16)15-4-1-2-5-15/h3,6-8H,1-2,4-5H2,(H,14,17)(H,18,19)/p-1. The summed E-state index contributed by atoms with van der Waals surface area (Å²) in [5, 5.41) is 4.05. The van der Waals surface area contributed by atoms with Crippen LogP contribution in [-0.4, -0.2) is 37.4 Å². The number of carbonyl (C=O) groups is 1. The molecule has 0 spiro atoms. The van der Waals surface area contributed by atoms with E-state index < -0.39 is 17.2 Å². The number of anilines is 1. The van der Waals surface area contributed by atoms with E-state index in [4.69, 9.17) is 0 Å². The summed E-state index contributed by atoms with van der Waals surface area (Å²) in [5.74, 6) is -0.674. The van der Waals surface area contributed by atoms with Gasteiger partial charge in [0.2, 0.25) is 0 Å². The van der Waals surface area contributed by atoms with Gasteiger partial charge in [-0.1, -0.05) is 0 Å². The number of nitrogens with one attached hydrogen (secondary N) is 1. The van der Waals surface area contributed by atoms with Crippen LogP contribution in [0.3, 0.4) is 0 Å². The first kappa shape index (κ1) is 13.1. The molecule has 1 N–H and O–H groups in total. The summed E-state index contributed by atoms with van der Waals surface area (Å²) in [7, 11) is 0. The third-order valence-corrected chi connectivity index (χ3v) is 3.75. The highest BCUT2D eigenvalue weighted by Crippen LogP contribution is 2.23. The molecular formula is C12H13N4O3S-. The monoisotopic (exact) mass is 293 g/mol. The second kappa shape index (κ2) is 5.22. The van der Waals surface area contributed by atoms with E-state index in [1.165, 1.54) is 6.20 Å². The molecule has 0 saturated carbocycles. The smallest absolute Gasteiger partial charge is 0.265 e. The van der Waals surface area contributed by atoms with Crippen molar-refractivity contribution in [2.45, 2.75) is 12.8 Å². The van der Waals surface area contributed by atoms with Crippen molar-refractivity contribution < 1.29 is 13.6 Å². The topological polar surface area (TPSA) is 89.8 Å². The Morgan fingerprint density at radius 3 is 2.85 bits per heavy atom. The van der Waals surface area contributed by atoms with Gasteiger partial charge in [0.05, 0.1) is 17.3 Å². The molecule has 1 fully saturated rings. The Balaban J connectivity index is 1.98. The number of amides is 1. The van der Waals surface area contributed by atoms with E-state index in [2.05, 4.69) is 10.00 Å². The molecule has 1 aliphatic heterocycles. The number of hydrogen-bond acceptors (Lipinski definition) is 5. The maximum Gasteiger partial charge on any atom is 0.265 e. The Bertz CT molecular complexity index is 678. The minimum Gasteiger partial charge on any atom is -0.755 e. The molecule has 0 bridgehead atoms. The molecule has 106 valence electrons. The van der Waals surface area contributed by atoms with Crippen molar-refractivity contribution in [3.8, 4) is 0 Å². The summed E-state index contributed by atoms with van der Waals surface area (Å²) in [4.78, 5) is 14.0. The molecule has 0 aliphatic carbocycles. The average Bonchev–Trinajstić information content (AvgIpc) is 3.06. The highest BCUT2D eigenvalue weighted by molar-refractivity contribution is 7.77. The number of hydrogen-bond donors (Lipinski definition) is 1. The summed E-state index contributed by atoms with van der Waals surface area (Å²) >= 11 is -2.63. The van der Waals surface area contributed by atoms with Gasteiger partial charge in [-0.3, -0.25) is 13.7 Å². The highest BCUT2D eigenvalue weighted by atomic mass is 32.2. The second-order valence-electron chi connectivity index (χ2n) is 4.63. The SMILES string of the molecule is O=C(NS(=O)[O-])c1cnn2ccc(N3CCCC3)cc12. The van der Waals surface area contributed by atoms with E-state index >= 15 is 0 Å². The molecule has 1 unspecified atom stereocenters. The Hall–Kier alpha value is -1.93. The van der Waals surface area contributed by atoms with Crippen LogP contribution in [0.25, 0.3) is 5.52 Å². The van der Waals surface area contributed by atoms with E-state index in [9.17, 15) is 13.6 Å². The first-order valence-corrected chi connectivity index (χ1v) is 7.35. The van der Waals surface area contributed by atoms with E-state index in [0.717, 1.165) is 31.6 Å².